The highest BCUT2D eigenvalue weighted by Crippen LogP contribution is 2.16. The third-order valence-corrected chi connectivity index (χ3v) is 3.74. The molecule has 21 heavy (non-hydrogen) atoms. The number of ether oxygens (including phenoxy) is 1. The first kappa shape index (κ1) is 15.6. The standard InChI is InChI=1S/C15H24N4O2/c1-11(10-19-5-3-4-6-19)8-17-14-7-12(15(20)21-2)13(16)9-18-14/h7,9,11H,3-6,8,10,16H2,1-2H3,(H,17,18). The van der Waals surface area contributed by atoms with E-state index in [1.807, 2.05) is 0 Å². The Balaban J connectivity index is 1.88. The summed E-state index contributed by atoms with van der Waals surface area (Å²) in [5.41, 5.74) is 6.41. The van der Waals surface area contributed by atoms with Gasteiger partial charge in [0.15, 0.2) is 0 Å². The molecule has 0 aliphatic carbocycles. The van der Waals surface area contributed by atoms with Gasteiger partial charge in [-0.25, -0.2) is 9.78 Å². The quantitative estimate of drug-likeness (QED) is 0.775. The van der Waals surface area contributed by atoms with Crippen molar-refractivity contribution in [3.05, 3.63) is 17.8 Å². The molecule has 2 heterocycles. The molecule has 116 valence electrons. The van der Waals surface area contributed by atoms with Crippen LogP contribution >= 0.6 is 0 Å². The Bertz CT molecular complexity index is 487. The first-order valence-corrected chi connectivity index (χ1v) is 7.40. The molecule has 1 saturated heterocycles. The number of nitrogens with zero attached hydrogens (tertiary/aromatic N) is 2. The highest BCUT2D eigenvalue weighted by Gasteiger charge is 2.15. The Labute approximate surface area is 125 Å². The second kappa shape index (κ2) is 7.26. The van der Waals surface area contributed by atoms with E-state index in [0.717, 1.165) is 13.1 Å². The van der Waals surface area contributed by atoms with Crippen LogP contribution in [0.1, 0.15) is 30.1 Å². The van der Waals surface area contributed by atoms with Crippen LogP contribution in [0.15, 0.2) is 12.3 Å². The Hall–Kier alpha value is -1.82. The second-order valence-electron chi connectivity index (χ2n) is 5.64. The molecule has 1 aliphatic rings. The maximum absolute atomic E-state index is 11.6. The number of hydrogen-bond acceptors (Lipinski definition) is 6. The molecule has 1 fully saturated rings. The molecular formula is C15H24N4O2. The van der Waals surface area contributed by atoms with Crippen molar-refractivity contribution in [3.63, 3.8) is 0 Å². The van der Waals surface area contributed by atoms with Crippen LogP contribution in [-0.4, -0.2) is 49.1 Å². The number of nitrogens with one attached hydrogen (secondary N) is 1. The van der Waals surface area contributed by atoms with Gasteiger partial charge in [0.25, 0.3) is 0 Å². The first-order valence-electron chi connectivity index (χ1n) is 7.40. The number of pyridine rings is 1. The maximum atomic E-state index is 11.6. The lowest BCUT2D eigenvalue weighted by atomic mass is 10.1. The molecule has 1 aliphatic heterocycles. The van der Waals surface area contributed by atoms with Crippen LogP contribution in [0.5, 0.6) is 0 Å². The van der Waals surface area contributed by atoms with Crippen LogP contribution in [0, 0.1) is 5.92 Å². The minimum Gasteiger partial charge on any atom is -0.465 e. The summed E-state index contributed by atoms with van der Waals surface area (Å²) < 4.78 is 4.71. The number of nitrogen functional groups attached to an aromatic ring is 1. The maximum Gasteiger partial charge on any atom is 0.340 e. The Morgan fingerprint density at radius 3 is 2.90 bits per heavy atom. The lowest BCUT2D eigenvalue weighted by molar-refractivity contribution is 0.0602. The van der Waals surface area contributed by atoms with Crippen molar-refractivity contribution in [1.29, 1.82) is 0 Å². The van der Waals surface area contributed by atoms with Gasteiger partial charge in [-0.1, -0.05) is 6.92 Å². The van der Waals surface area contributed by atoms with Crippen molar-refractivity contribution in [2.45, 2.75) is 19.8 Å². The lowest BCUT2D eigenvalue weighted by Crippen LogP contribution is -2.29. The number of hydrogen-bond donors (Lipinski definition) is 2. The topological polar surface area (TPSA) is 80.5 Å². The van der Waals surface area contributed by atoms with Crippen molar-refractivity contribution in [2.24, 2.45) is 5.92 Å². The molecule has 0 saturated carbocycles. The van der Waals surface area contributed by atoms with E-state index in [1.165, 1.54) is 39.2 Å². The summed E-state index contributed by atoms with van der Waals surface area (Å²) in [4.78, 5) is 18.3. The Kier molecular flexibility index (Phi) is 5.38. The molecule has 0 amide bonds. The third kappa shape index (κ3) is 4.32. The van der Waals surface area contributed by atoms with Crippen LogP contribution in [0.25, 0.3) is 0 Å². The molecule has 2 rings (SSSR count). The lowest BCUT2D eigenvalue weighted by Gasteiger charge is -2.20. The fourth-order valence-electron chi connectivity index (χ4n) is 2.60. The number of carbonyl (C=O) groups excluding carboxylic acids is 1. The number of rotatable bonds is 6. The van der Waals surface area contributed by atoms with Crippen molar-refractivity contribution in [3.8, 4) is 0 Å². The first-order chi connectivity index (χ1) is 10.1. The number of anilines is 2. The van der Waals surface area contributed by atoms with Crippen molar-refractivity contribution in [1.82, 2.24) is 9.88 Å². The summed E-state index contributed by atoms with van der Waals surface area (Å²) >= 11 is 0. The molecule has 6 nitrogen and oxygen atoms in total. The van der Waals surface area contributed by atoms with Crippen molar-refractivity contribution in [2.75, 3.05) is 44.3 Å². The van der Waals surface area contributed by atoms with Crippen LogP contribution < -0.4 is 11.1 Å². The van der Waals surface area contributed by atoms with Gasteiger partial charge in [-0.05, 0) is 37.9 Å². The van der Waals surface area contributed by atoms with Crippen LogP contribution in [-0.2, 0) is 4.74 Å². The SMILES string of the molecule is COC(=O)c1cc(NCC(C)CN2CCCC2)ncc1N. The van der Waals surface area contributed by atoms with E-state index >= 15 is 0 Å². The van der Waals surface area contributed by atoms with E-state index in [-0.39, 0.29) is 0 Å². The van der Waals surface area contributed by atoms with Gasteiger partial charge in [0.1, 0.15) is 5.82 Å². The van der Waals surface area contributed by atoms with Gasteiger partial charge < -0.3 is 20.7 Å². The van der Waals surface area contributed by atoms with E-state index in [0.29, 0.717) is 23.0 Å². The summed E-state index contributed by atoms with van der Waals surface area (Å²) in [6, 6.07) is 1.64. The molecule has 6 heteroatoms. The minimum absolute atomic E-state index is 0.331. The molecule has 1 atom stereocenters. The van der Waals surface area contributed by atoms with E-state index in [2.05, 4.69) is 22.1 Å². The van der Waals surface area contributed by atoms with Crippen LogP contribution in [0.3, 0.4) is 0 Å². The molecule has 0 bridgehead atoms. The predicted octanol–water partition coefficient (Wildman–Crippen LogP) is 1.59. The fraction of sp³-hybridized carbons (Fsp3) is 0.600. The van der Waals surface area contributed by atoms with Gasteiger partial charge in [0.2, 0.25) is 0 Å². The summed E-state index contributed by atoms with van der Waals surface area (Å²) in [5, 5.41) is 3.26. The zero-order valence-corrected chi connectivity index (χ0v) is 12.8. The highest BCUT2D eigenvalue weighted by atomic mass is 16.5. The summed E-state index contributed by atoms with van der Waals surface area (Å²) in [6.45, 7) is 6.53. The molecule has 0 aromatic carbocycles. The minimum atomic E-state index is -0.442. The number of likely N-dealkylation sites (tertiary alicyclic amines) is 1. The monoisotopic (exact) mass is 292 g/mol. The van der Waals surface area contributed by atoms with Gasteiger partial charge in [0.05, 0.1) is 24.6 Å². The third-order valence-electron chi connectivity index (χ3n) is 3.74. The molecule has 1 aromatic heterocycles. The average molecular weight is 292 g/mol. The van der Waals surface area contributed by atoms with E-state index < -0.39 is 5.97 Å². The summed E-state index contributed by atoms with van der Waals surface area (Å²) in [5.74, 6) is 0.727. The van der Waals surface area contributed by atoms with E-state index in [1.54, 1.807) is 6.07 Å². The number of esters is 1. The van der Waals surface area contributed by atoms with Crippen LogP contribution in [0.4, 0.5) is 11.5 Å². The van der Waals surface area contributed by atoms with Gasteiger partial charge in [-0.3, -0.25) is 0 Å². The fourth-order valence-corrected chi connectivity index (χ4v) is 2.60. The Morgan fingerprint density at radius 1 is 1.52 bits per heavy atom. The van der Waals surface area contributed by atoms with E-state index in [4.69, 9.17) is 10.5 Å². The average Bonchev–Trinajstić information content (AvgIpc) is 2.98. The highest BCUT2D eigenvalue weighted by molar-refractivity contribution is 5.95. The number of aromatic nitrogens is 1. The molecule has 0 radical (unpaired) electrons. The molecule has 3 N–H and O–H groups in total. The molecule has 0 spiro atoms. The normalized spacial score (nSPS) is 16.7. The smallest absolute Gasteiger partial charge is 0.340 e. The number of nitrogens with two attached hydrogens (primary N) is 1. The zero-order chi connectivity index (χ0) is 15.2. The molecular weight excluding hydrogens is 268 g/mol. The summed E-state index contributed by atoms with van der Waals surface area (Å²) in [6.07, 6.45) is 4.10. The number of carbonyl (C=O) groups is 1. The van der Waals surface area contributed by atoms with Crippen LogP contribution in [0.2, 0.25) is 0 Å². The Morgan fingerprint density at radius 2 is 2.24 bits per heavy atom. The largest absolute Gasteiger partial charge is 0.465 e. The number of methoxy groups -OCH3 is 1. The predicted molar refractivity (Wildman–Crippen MR) is 83.3 cm³/mol. The van der Waals surface area contributed by atoms with Crippen molar-refractivity contribution < 1.29 is 9.53 Å². The molecule has 1 unspecified atom stereocenters. The van der Waals surface area contributed by atoms with Gasteiger partial charge in [-0.15, -0.1) is 0 Å². The van der Waals surface area contributed by atoms with E-state index in [9.17, 15) is 4.79 Å². The van der Waals surface area contributed by atoms with Gasteiger partial charge in [-0.2, -0.15) is 0 Å². The second-order valence-corrected chi connectivity index (χ2v) is 5.64. The van der Waals surface area contributed by atoms with Gasteiger partial charge in [0, 0.05) is 13.1 Å². The zero-order valence-electron chi connectivity index (χ0n) is 12.8. The van der Waals surface area contributed by atoms with Gasteiger partial charge >= 0.3 is 5.97 Å². The summed E-state index contributed by atoms with van der Waals surface area (Å²) in [7, 11) is 1.34. The van der Waals surface area contributed by atoms with Crippen molar-refractivity contribution >= 4 is 17.5 Å². The molecule has 1 aromatic rings.